The van der Waals surface area contributed by atoms with E-state index in [0.29, 0.717) is 12.3 Å². The first-order valence-corrected chi connectivity index (χ1v) is 10.6. The lowest BCUT2D eigenvalue weighted by Gasteiger charge is -2.22. The summed E-state index contributed by atoms with van der Waals surface area (Å²) in [7, 11) is 3.10. The van der Waals surface area contributed by atoms with Gasteiger partial charge in [0, 0.05) is 18.1 Å². The Bertz CT molecular complexity index is 506. The summed E-state index contributed by atoms with van der Waals surface area (Å²) in [5.41, 5.74) is -0.149. The number of carbonyl (C=O) groups excluding carboxylic acids is 1. The fourth-order valence-electron chi connectivity index (χ4n) is 1.92. The van der Waals surface area contributed by atoms with Crippen LogP contribution in [0.4, 0.5) is 13.2 Å². The summed E-state index contributed by atoms with van der Waals surface area (Å²) in [4.78, 5) is 31.1. The highest BCUT2D eigenvalue weighted by Crippen LogP contribution is 2.32. The van der Waals surface area contributed by atoms with E-state index in [0.717, 1.165) is 25.0 Å². The molecule has 27 heavy (non-hydrogen) atoms. The number of carboxylic acid groups (broad SMARTS) is 2. The highest BCUT2D eigenvalue weighted by Gasteiger charge is 2.38. The van der Waals surface area contributed by atoms with Gasteiger partial charge in [0.15, 0.2) is 0 Å². The summed E-state index contributed by atoms with van der Waals surface area (Å²) in [6.45, 7) is 4.72. The summed E-state index contributed by atoms with van der Waals surface area (Å²) in [6, 6.07) is 0. The van der Waals surface area contributed by atoms with E-state index in [1.165, 1.54) is 10.8 Å². The van der Waals surface area contributed by atoms with Crippen molar-refractivity contribution in [2.75, 3.05) is 18.1 Å². The molecular formula is C15H24F3NO6S2. The minimum Gasteiger partial charge on any atom is -0.481 e. The number of hydrogen-bond acceptors (Lipinski definition) is 6. The summed E-state index contributed by atoms with van der Waals surface area (Å²) >= 11 is 0. The monoisotopic (exact) mass is 435 g/mol. The number of nitrogens with one attached hydrogen (secondary N) is 1. The van der Waals surface area contributed by atoms with Crippen LogP contribution in [-0.4, -0.2) is 64.0 Å². The standard InChI is InChI=1S/C13H23NO4S2.C2HF3O2/c1-3-13(2)6-4-10(18-13)12(17)14-7-9-20-19-8-5-11(15)16;3-2(4,5)1(6)7/h10H,3-9H2,1-2H3,(H,14,17)(H,15,16);(H,6,7). The van der Waals surface area contributed by atoms with Crippen LogP contribution >= 0.6 is 21.6 Å². The third-order valence-corrected chi connectivity index (χ3v) is 6.02. The maximum Gasteiger partial charge on any atom is 0.490 e. The van der Waals surface area contributed by atoms with Gasteiger partial charge in [0.1, 0.15) is 6.10 Å². The molecule has 1 amide bonds. The fourth-order valence-corrected chi connectivity index (χ4v) is 3.81. The molecular weight excluding hydrogens is 411 g/mol. The highest BCUT2D eigenvalue weighted by molar-refractivity contribution is 8.76. The molecule has 1 fully saturated rings. The van der Waals surface area contributed by atoms with Crippen molar-refractivity contribution in [2.24, 2.45) is 0 Å². The molecule has 0 aromatic carbocycles. The van der Waals surface area contributed by atoms with Gasteiger partial charge in [-0.15, -0.1) is 0 Å². The Morgan fingerprint density at radius 1 is 1.22 bits per heavy atom. The first kappa shape index (κ1) is 25.9. The number of carboxylic acids is 2. The summed E-state index contributed by atoms with van der Waals surface area (Å²) in [6.07, 6.45) is -2.58. The number of rotatable bonds is 9. The van der Waals surface area contributed by atoms with Crippen molar-refractivity contribution in [1.29, 1.82) is 0 Å². The molecule has 2 unspecified atom stereocenters. The van der Waals surface area contributed by atoms with Gasteiger partial charge in [-0.25, -0.2) is 4.79 Å². The van der Waals surface area contributed by atoms with E-state index in [4.69, 9.17) is 19.7 Å². The van der Waals surface area contributed by atoms with Crippen molar-refractivity contribution in [2.45, 2.75) is 57.4 Å². The van der Waals surface area contributed by atoms with Crippen LogP contribution in [-0.2, 0) is 19.1 Å². The Hall–Kier alpha value is -1.14. The van der Waals surface area contributed by atoms with Gasteiger partial charge in [0.2, 0.25) is 5.91 Å². The third kappa shape index (κ3) is 12.0. The molecule has 1 saturated heterocycles. The molecule has 0 aromatic heterocycles. The molecule has 2 atom stereocenters. The SMILES string of the molecule is CCC1(C)CCC(C(=O)NCCSSCCC(=O)O)O1.O=C(O)C(F)(F)F. The maximum absolute atomic E-state index is 11.9. The lowest BCUT2D eigenvalue weighted by molar-refractivity contribution is -0.192. The molecule has 1 heterocycles. The molecule has 0 bridgehead atoms. The minimum absolute atomic E-state index is 0.0293. The molecule has 0 spiro atoms. The van der Waals surface area contributed by atoms with Crippen molar-refractivity contribution in [3.05, 3.63) is 0 Å². The van der Waals surface area contributed by atoms with Crippen LogP contribution in [0, 0.1) is 0 Å². The number of alkyl halides is 3. The van der Waals surface area contributed by atoms with Crippen LogP contribution in [0.5, 0.6) is 0 Å². The number of hydrogen-bond donors (Lipinski definition) is 3. The first-order valence-electron chi connectivity index (χ1n) is 8.13. The molecule has 7 nitrogen and oxygen atoms in total. The van der Waals surface area contributed by atoms with Crippen LogP contribution < -0.4 is 5.32 Å². The minimum atomic E-state index is -5.08. The van der Waals surface area contributed by atoms with Gasteiger partial charge in [-0.1, -0.05) is 28.5 Å². The van der Waals surface area contributed by atoms with Crippen LogP contribution in [0.2, 0.25) is 0 Å². The topological polar surface area (TPSA) is 113 Å². The van der Waals surface area contributed by atoms with E-state index in [1.807, 2.05) is 0 Å². The number of aliphatic carboxylic acids is 2. The molecule has 0 radical (unpaired) electrons. The third-order valence-electron chi connectivity index (χ3n) is 3.61. The largest absolute Gasteiger partial charge is 0.490 e. The fraction of sp³-hybridized carbons (Fsp3) is 0.800. The van der Waals surface area contributed by atoms with Crippen LogP contribution in [0.1, 0.15) is 39.5 Å². The molecule has 1 aliphatic rings. The van der Waals surface area contributed by atoms with Crippen molar-refractivity contribution < 1.29 is 42.5 Å². The quantitative estimate of drug-likeness (QED) is 0.374. The number of halogens is 3. The molecule has 158 valence electrons. The number of amides is 1. The van der Waals surface area contributed by atoms with Crippen molar-refractivity contribution in [1.82, 2.24) is 5.32 Å². The van der Waals surface area contributed by atoms with E-state index < -0.39 is 18.1 Å². The Balaban J connectivity index is 0.000000821. The summed E-state index contributed by atoms with van der Waals surface area (Å²) < 4.78 is 37.5. The zero-order valence-corrected chi connectivity index (χ0v) is 16.6. The lowest BCUT2D eigenvalue weighted by atomic mass is 9.99. The second-order valence-corrected chi connectivity index (χ2v) is 8.53. The molecule has 0 saturated carbocycles. The Labute approximate surface area is 163 Å². The predicted octanol–water partition coefficient (Wildman–Crippen LogP) is 2.94. The Morgan fingerprint density at radius 2 is 1.78 bits per heavy atom. The molecule has 0 aromatic rings. The van der Waals surface area contributed by atoms with Crippen LogP contribution in [0.15, 0.2) is 0 Å². The van der Waals surface area contributed by atoms with Gasteiger partial charge in [0.25, 0.3) is 0 Å². The number of carbonyl (C=O) groups is 3. The zero-order chi connectivity index (χ0) is 21.1. The van der Waals surface area contributed by atoms with E-state index in [2.05, 4.69) is 19.2 Å². The molecule has 1 rings (SSSR count). The second kappa shape index (κ2) is 12.3. The smallest absolute Gasteiger partial charge is 0.481 e. The van der Waals surface area contributed by atoms with Crippen molar-refractivity contribution in [3.8, 4) is 0 Å². The predicted molar refractivity (Wildman–Crippen MR) is 96.7 cm³/mol. The average molecular weight is 435 g/mol. The second-order valence-electron chi connectivity index (χ2n) is 5.83. The first-order chi connectivity index (χ1) is 12.4. The van der Waals surface area contributed by atoms with Gasteiger partial charge in [0.05, 0.1) is 12.0 Å². The van der Waals surface area contributed by atoms with Crippen molar-refractivity contribution in [3.63, 3.8) is 0 Å². The lowest BCUT2D eigenvalue weighted by Crippen LogP contribution is -2.37. The molecule has 0 aliphatic carbocycles. The van der Waals surface area contributed by atoms with Gasteiger partial charge >= 0.3 is 18.1 Å². The highest BCUT2D eigenvalue weighted by atomic mass is 33.1. The average Bonchev–Trinajstić information content (AvgIpc) is 2.96. The van der Waals surface area contributed by atoms with E-state index in [-0.39, 0.29) is 24.0 Å². The van der Waals surface area contributed by atoms with E-state index >= 15 is 0 Å². The maximum atomic E-state index is 11.9. The van der Waals surface area contributed by atoms with Crippen molar-refractivity contribution >= 4 is 39.4 Å². The van der Waals surface area contributed by atoms with E-state index in [9.17, 15) is 22.8 Å². The van der Waals surface area contributed by atoms with Gasteiger partial charge in [-0.05, 0) is 26.2 Å². The summed E-state index contributed by atoms with van der Waals surface area (Å²) in [5, 5.41) is 18.5. The molecule has 3 N–H and O–H groups in total. The number of ether oxygens (including phenoxy) is 1. The normalized spacial score (nSPS) is 21.9. The summed E-state index contributed by atoms with van der Waals surface area (Å²) in [5.74, 6) is -2.20. The Morgan fingerprint density at radius 3 is 2.22 bits per heavy atom. The molecule has 1 aliphatic heterocycles. The zero-order valence-electron chi connectivity index (χ0n) is 15.0. The van der Waals surface area contributed by atoms with Gasteiger partial charge in [-0.3, -0.25) is 9.59 Å². The van der Waals surface area contributed by atoms with E-state index in [1.54, 1.807) is 10.8 Å². The van der Waals surface area contributed by atoms with Gasteiger partial charge in [-0.2, -0.15) is 13.2 Å². The Kier molecular flexibility index (Phi) is 11.8. The molecule has 12 heteroatoms. The van der Waals surface area contributed by atoms with Gasteiger partial charge < -0.3 is 20.3 Å². The van der Waals surface area contributed by atoms with Crippen LogP contribution in [0.3, 0.4) is 0 Å². The van der Waals surface area contributed by atoms with Crippen LogP contribution in [0.25, 0.3) is 0 Å².